The van der Waals surface area contributed by atoms with Gasteiger partial charge in [0.25, 0.3) is 0 Å². The number of hydrogen-bond acceptors (Lipinski definition) is 0. The summed E-state index contributed by atoms with van der Waals surface area (Å²) in [6, 6.07) is 64.5. The van der Waals surface area contributed by atoms with Crippen molar-refractivity contribution in [3.63, 3.8) is 0 Å². The van der Waals surface area contributed by atoms with Crippen molar-refractivity contribution in [3.05, 3.63) is 182 Å². The van der Waals surface area contributed by atoms with Crippen LogP contribution in [0.4, 0.5) is 0 Å². The minimum atomic E-state index is -1.03. The summed E-state index contributed by atoms with van der Waals surface area (Å²) >= 11 is 0. The molecule has 0 unspecified atom stereocenters. The van der Waals surface area contributed by atoms with Crippen LogP contribution in [0.15, 0.2) is 182 Å². The molecule has 0 bridgehead atoms. The highest BCUT2D eigenvalue weighted by atomic mass is 15.0. The van der Waals surface area contributed by atoms with Crippen LogP contribution in [-0.2, 0) is 0 Å². The minimum absolute atomic E-state index is 1.03. The monoisotopic (exact) mass is 677 g/mol. The molecule has 0 atom stereocenters. The van der Waals surface area contributed by atoms with Gasteiger partial charge in [-0.3, -0.25) is 0 Å². The molecule has 0 radical (unpaired) electrons. The fourth-order valence-corrected chi connectivity index (χ4v) is 9.17. The fraction of sp³-hybridized carbons (Fsp3) is 0.0408. The molecule has 4 heteroatoms. The molecule has 7 aromatic carbocycles. The van der Waals surface area contributed by atoms with Crippen molar-refractivity contribution in [1.82, 2.24) is 9.13 Å². The van der Waals surface area contributed by atoms with Crippen molar-refractivity contribution in [2.45, 2.75) is 13.6 Å². The van der Waals surface area contributed by atoms with Gasteiger partial charge in [0.05, 0.1) is 22.1 Å². The van der Waals surface area contributed by atoms with E-state index < -0.39 is 6.28 Å². The standard InChI is InChI=1S/C49H36BN3/c1-50(2)44-31-35(33-19-25-37(26-20-33)52-46-15-7-3-11-39(46)40-12-4-8-16-47(40)52)23-29-43(44)45-30-24-36(32-51(45)50)34-21-27-38(28-22-34)53-48-17-9-5-13-41(48)42-14-6-10-18-49(42)53/h3-32H,1-2H3. The van der Waals surface area contributed by atoms with Crippen molar-refractivity contribution in [3.8, 4) is 44.9 Å². The Bertz CT molecular complexity index is 2760. The molecule has 10 aromatic rings. The highest BCUT2D eigenvalue weighted by Gasteiger charge is 2.39. The summed E-state index contributed by atoms with van der Waals surface area (Å²) in [7, 11) is 0. The van der Waals surface area contributed by atoms with E-state index >= 15 is 0 Å². The number of fused-ring (bicyclic) bond motifs is 9. The molecule has 3 nitrogen and oxygen atoms in total. The first-order valence-corrected chi connectivity index (χ1v) is 18.7. The number of benzene rings is 7. The Balaban J connectivity index is 0.921. The number of pyridine rings is 1. The number of nitrogens with zero attached hydrogens (tertiary/aromatic N) is 3. The first-order chi connectivity index (χ1) is 26.0. The third-order valence-electron chi connectivity index (χ3n) is 11.8. The molecule has 4 heterocycles. The SMILES string of the molecule is C[B-]1(C)c2cc(-c3ccc(-n4c5ccccc5c5ccccc54)cc3)ccc2-c2ccc(-c3ccc(-n4c5ccccc5c5ccccc54)cc3)c[n+]21. The van der Waals surface area contributed by atoms with E-state index in [-0.39, 0.29) is 0 Å². The zero-order valence-corrected chi connectivity index (χ0v) is 29.7. The summed E-state index contributed by atoms with van der Waals surface area (Å²) in [6.07, 6.45) is 1.34. The van der Waals surface area contributed by atoms with Crippen LogP contribution in [0.25, 0.3) is 88.5 Å². The maximum absolute atomic E-state index is 2.52. The molecular formula is C49H36BN3. The summed E-state index contributed by atoms with van der Waals surface area (Å²) in [5.74, 6) is 0. The summed E-state index contributed by atoms with van der Waals surface area (Å²) in [5.41, 5.74) is 16.2. The van der Waals surface area contributed by atoms with Crippen LogP contribution in [-0.4, -0.2) is 15.4 Å². The van der Waals surface area contributed by atoms with Gasteiger partial charge in [0.15, 0.2) is 5.69 Å². The van der Waals surface area contributed by atoms with E-state index in [1.165, 1.54) is 94.0 Å². The molecule has 0 amide bonds. The van der Waals surface area contributed by atoms with Crippen molar-refractivity contribution in [2.24, 2.45) is 0 Å². The lowest BCUT2D eigenvalue weighted by molar-refractivity contribution is -0.527. The highest BCUT2D eigenvalue weighted by molar-refractivity contribution is 6.84. The Hall–Kier alpha value is -6.65. The summed E-state index contributed by atoms with van der Waals surface area (Å²) in [4.78, 5) is 0. The van der Waals surface area contributed by atoms with E-state index in [1.807, 2.05) is 0 Å². The smallest absolute Gasteiger partial charge is 0.301 e. The predicted octanol–water partition coefficient (Wildman–Crippen LogP) is 11.4. The van der Waals surface area contributed by atoms with Gasteiger partial charge >= 0.3 is 6.28 Å². The molecule has 250 valence electrons. The van der Waals surface area contributed by atoms with Gasteiger partial charge in [-0.2, -0.15) is 0 Å². The average Bonchev–Trinajstić information content (AvgIpc) is 3.81. The third kappa shape index (κ3) is 4.39. The van der Waals surface area contributed by atoms with Gasteiger partial charge < -0.3 is 13.6 Å². The molecule has 0 N–H and O–H groups in total. The molecule has 1 aliphatic rings. The fourth-order valence-electron chi connectivity index (χ4n) is 9.17. The lowest BCUT2D eigenvalue weighted by Crippen LogP contribution is -2.64. The number of para-hydroxylation sites is 4. The van der Waals surface area contributed by atoms with Crippen LogP contribution in [0.3, 0.4) is 0 Å². The van der Waals surface area contributed by atoms with E-state index in [2.05, 4.69) is 209 Å². The van der Waals surface area contributed by atoms with Crippen LogP contribution in [0.5, 0.6) is 0 Å². The zero-order valence-electron chi connectivity index (χ0n) is 29.7. The van der Waals surface area contributed by atoms with Gasteiger partial charge in [-0.05, 0) is 71.3 Å². The molecule has 0 aliphatic carbocycles. The van der Waals surface area contributed by atoms with Gasteiger partial charge in [0.1, 0.15) is 6.20 Å². The van der Waals surface area contributed by atoms with E-state index in [0.29, 0.717) is 0 Å². The maximum atomic E-state index is 2.52. The Morgan fingerprint density at radius 2 is 0.792 bits per heavy atom. The Labute approximate surface area is 308 Å². The Kier molecular flexibility index (Phi) is 6.33. The normalized spacial score (nSPS) is 13.2. The van der Waals surface area contributed by atoms with Crippen LogP contribution < -0.4 is 9.94 Å². The first kappa shape index (κ1) is 30.0. The lowest BCUT2D eigenvalue weighted by Gasteiger charge is -2.22. The second-order valence-electron chi connectivity index (χ2n) is 15.1. The van der Waals surface area contributed by atoms with Gasteiger partial charge in [0, 0.05) is 50.1 Å². The molecule has 0 spiro atoms. The third-order valence-corrected chi connectivity index (χ3v) is 11.8. The summed E-state index contributed by atoms with van der Waals surface area (Å²) in [5, 5.41) is 5.13. The number of hydrogen-bond donors (Lipinski definition) is 0. The van der Waals surface area contributed by atoms with E-state index in [4.69, 9.17) is 0 Å². The predicted molar refractivity (Wildman–Crippen MR) is 224 cm³/mol. The van der Waals surface area contributed by atoms with Gasteiger partial charge in [-0.1, -0.05) is 115 Å². The maximum Gasteiger partial charge on any atom is 0.301 e. The first-order valence-electron chi connectivity index (χ1n) is 18.7. The van der Waals surface area contributed by atoms with Crippen molar-refractivity contribution < 1.29 is 4.48 Å². The second kappa shape index (κ2) is 11.2. The summed E-state index contributed by atoms with van der Waals surface area (Å²) < 4.78 is 7.28. The molecular weight excluding hydrogens is 641 g/mol. The van der Waals surface area contributed by atoms with Gasteiger partial charge in [0.2, 0.25) is 0 Å². The second-order valence-corrected chi connectivity index (χ2v) is 15.1. The van der Waals surface area contributed by atoms with Crippen molar-refractivity contribution >= 4 is 55.4 Å². The van der Waals surface area contributed by atoms with E-state index in [0.717, 1.165) is 0 Å². The molecule has 0 fully saturated rings. The number of rotatable bonds is 4. The van der Waals surface area contributed by atoms with Crippen LogP contribution >= 0.6 is 0 Å². The van der Waals surface area contributed by atoms with Crippen LogP contribution in [0.2, 0.25) is 13.6 Å². The van der Waals surface area contributed by atoms with E-state index in [1.54, 1.807) is 0 Å². The van der Waals surface area contributed by atoms with Crippen LogP contribution in [0.1, 0.15) is 0 Å². The zero-order chi connectivity index (χ0) is 35.3. The van der Waals surface area contributed by atoms with Gasteiger partial charge in [-0.15, -0.1) is 19.1 Å². The van der Waals surface area contributed by atoms with Gasteiger partial charge in [-0.25, -0.2) is 0 Å². The number of aromatic nitrogens is 3. The van der Waals surface area contributed by atoms with Crippen molar-refractivity contribution in [2.75, 3.05) is 0 Å². The molecule has 1 aliphatic heterocycles. The largest absolute Gasteiger partial charge is 0.416 e. The summed E-state index contributed by atoms with van der Waals surface area (Å²) in [6.45, 7) is 4.80. The molecule has 0 saturated carbocycles. The Morgan fingerprint density at radius 1 is 0.396 bits per heavy atom. The van der Waals surface area contributed by atoms with Crippen molar-refractivity contribution in [1.29, 1.82) is 0 Å². The highest BCUT2D eigenvalue weighted by Crippen LogP contribution is 2.35. The Morgan fingerprint density at radius 3 is 1.26 bits per heavy atom. The average molecular weight is 678 g/mol. The molecule has 53 heavy (non-hydrogen) atoms. The van der Waals surface area contributed by atoms with Crippen LogP contribution in [0, 0.1) is 0 Å². The molecule has 3 aromatic heterocycles. The molecule has 11 rings (SSSR count). The lowest BCUT2D eigenvalue weighted by atomic mass is 9.35. The van der Waals surface area contributed by atoms with E-state index in [9.17, 15) is 0 Å². The topological polar surface area (TPSA) is 13.7 Å². The molecule has 0 saturated heterocycles. The quantitative estimate of drug-likeness (QED) is 0.165. The minimum Gasteiger partial charge on any atom is -0.416 e.